The van der Waals surface area contributed by atoms with Gasteiger partial charge in [0.15, 0.2) is 0 Å². The van der Waals surface area contributed by atoms with Gasteiger partial charge in [0, 0.05) is 0 Å². The van der Waals surface area contributed by atoms with Crippen molar-refractivity contribution in [1.29, 1.82) is 0 Å². The first-order valence-corrected chi connectivity index (χ1v) is 5.72. The molecule has 0 saturated heterocycles. The Balaban J connectivity index is 2.05. The van der Waals surface area contributed by atoms with E-state index in [4.69, 9.17) is 11.6 Å². The second kappa shape index (κ2) is 4.20. The van der Waals surface area contributed by atoms with Crippen molar-refractivity contribution >= 4 is 28.6 Å². The number of nitrogens with zero attached hydrogens (tertiary/aromatic N) is 2. The summed E-state index contributed by atoms with van der Waals surface area (Å²) in [6.07, 6.45) is 1.66. The molecule has 0 fully saturated rings. The van der Waals surface area contributed by atoms with Crippen LogP contribution in [0.4, 0.5) is 5.69 Å². The van der Waals surface area contributed by atoms with Crippen LogP contribution >= 0.6 is 22.9 Å². The maximum absolute atomic E-state index is 5.79. The molecule has 6 heteroatoms. The van der Waals surface area contributed by atoms with Gasteiger partial charge in [-0.1, -0.05) is 11.6 Å². The molecule has 0 aliphatic rings. The molecule has 0 aromatic carbocycles. The largest absolute Gasteiger partial charge is 0.376 e. The van der Waals surface area contributed by atoms with Gasteiger partial charge in [-0.05, 0) is 13.8 Å². The lowest BCUT2D eigenvalue weighted by atomic mass is 10.3. The highest BCUT2D eigenvalue weighted by Crippen LogP contribution is 2.21. The van der Waals surface area contributed by atoms with Gasteiger partial charge in [0.05, 0.1) is 29.8 Å². The normalized spacial score (nSPS) is 10.6. The van der Waals surface area contributed by atoms with Gasteiger partial charge in [-0.3, -0.25) is 5.10 Å². The van der Waals surface area contributed by atoms with Gasteiger partial charge in [0.25, 0.3) is 0 Å². The van der Waals surface area contributed by atoms with Crippen LogP contribution in [0.25, 0.3) is 0 Å². The van der Waals surface area contributed by atoms with Crippen molar-refractivity contribution < 1.29 is 0 Å². The third kappa shape index (κ3) is 2.30. The Hall–Kier alpha value is -1.07. The molecular weight excluding hydrogens is 232 g/mol. The lowest BCUT2D eigenvalue weighted by molar-refractivity contribution is 1.02. The van der Waals surface area contributed by atoms with Gasteiger partial charge >= 0.3 is 0 Å². The Morgan fingerprint density at radius 1 is 1.53 bits per heavy atom. The average Bonchev–Trinajstić information content (AvgIpc) is 2.73. The quantitative estimate of drug-likeness (QED) is 0.870. The first-order chi connectivity index (χ1) is 7.16. The Morgan fingerprint density at radius 3 is 2.87 bits per heavy atom. The fourth-order valence-corrected chi connectivity index (χ4v) is 2.24. The molecular formula is C9H11ClN4S. The summed E-state index contributed by atoms with van der Waals surface area (Å²) in [5, 5.41) is 11.3. The lowest BCUT2D eigenvalue weighted by Crippen LogP contribution is -2.00. The zero-order valence-corrected chi connectivity index (χ0v) is 10.0. The summed E-state index contributed by atoms with van der Waals surface area (Å²) in [4.78, 5) is 4.17. The third-order valence-electron chi connectivity index (χ3n) is 2.07. The molecule has 0 atom stereocenters. The molecule has 2 aromatic rings. The Morgan fingerprint density at radius 2 is 2.33 bits per heavy atom. The second-order valence-electron chi connectivity index (χ2n) is 3.22. The number of thiazole rings is 1. The summed E-state index contributed by atoms with van der Waals surface area (Å²) in [6, 6.07) is 0. The van der Waals surface area contributed by atoms with E-state index >= 15 is 0 Å². The zero-order chi connectivity index (χ0) is 10.8. The van der Waals surface area contributed by atoms with Crippen LogP contribution in [-0.4, -0.2) is 15.2 Å². The van der Waals surface area contributed by atoms with Gasteiger partial charge in [-0.15, -0.1) is 11.3 Å². The van der Waals surface area contributed by atoms with E-state index in [-0.39, 0.29) is 0 Å². The Kier molecular flexibility index (Phi) is 2.93. The summed E-state index contributed by atoms with van der Waals surface area (Å²) in [5.74, 6) is 0. The van der Waals surface area contributed by atoms with Crippen LogP contribution in [-0.2, 0) is 6.54 Å². The first kappa shape index (κ1) is 10.4. The molecule has 2 N–H and O–H groups in total. The van der Waals surface area contributed by atoms with Gasteiger partial charge in [0.1, 0.15) is 9.34 Å². The highest BCUT2D eigenvalue weighted by atomic mass is 35.5. The van der Waals surface area contributed by atoms with Crippen LogP contribution < -0.4 is 5.32 Å². The topological polar surface area (TPSA) is 53.6 Å². The molecule has 2 aromatic heterocycles. The molecule has 0 spiro atoms. The molecule has 0 saturated carbocycles. The van der Waals surface area contributed by atoms with E-state index < -0.39 is 0 Å². The number of anilines is 1. The van der Waals surface area contributed by atoms with Crippen LogP contribution in [0.15, 0.2) is 6.20 Å². The summed E-state index contributed by atoms with van der Waals surface area (Å²) in [6.45, 7) is 4.62. The lowest BCUT2D eigenvalue weighted by Gasteiger charge is -2.03. The predicted molar refractivity (Wildman–Crippen MR) is 62.5 cm³/mol. The molecule has 0 amide bonds. The van der Waals surface area contributed by atoms with Crippen LogP contribution in [0, 0.1) is 13.8 Å². The Labute approximate surface area is 96.7 Å². The number of aryl methyl sites for hydroxylation is 2. The van der Waals surface area contributed by atoms with E-state index in [0.29, 0.717) is 10.9 Å². The molecule has 0 radical (unpaired) electrons. The number of halogens is 1. The van der Waals surface area contributed by atoms with Gasteiger partial charge < -0.3 is 5.32 Å². The standard InChI is InChI=1S/C9H11ClN4S/c1-5-9(6(2)14-13-5)12-4-8-11-3-7(10)15-8/h3,12H,4H2,1-2H3,(H,13,14). The van der Waals surface area contributed by atoms with Crippen molar-refractivity contribution in [3.8, 4) is 0 Å². The van der Waals surface area contributed by atoms with E-state index in [1.165, 1.54) is 11.3 Å². The number of hydrogen-bond acceptors (Lipinski definition) is 4. The summed E-state index contributed by atoms with van der Waals surface area (Å²) < 4.78 is 0.715. The molecule has 80 valence electrons. The maximum atomic E-state index is 5.79. The zero-order valence-electron chi connectivity index (χ0n) is 8.47. The van der Waals surface area contributed by atoms with Crippen LogP contribution in [0.3, 0.4) is 0 Å². The fraction of sp³-hybridized carbons (Fsp3) is 0.333. The van der Waals surface area contributed by atoms with Crippen molar-refractivity contribution in [2.75, 3.05) is 5.32 Å². The first-order valence-electron chi connectivity index (χ1n) is 4.52. The van der Waals surface area contributed by atoms with Crippen molar-refractivity contribution in [2.45, 2.75) is 20.4 Å². The van der Waals surface area contributed by atoms with E-state index in [1.807, 2.05) is 13.8 Å². The second-order valence-corrected chi connectivity index (χ2v) is 4.97. The van der Waals surface area contributed by atoms with Crippen molar-refractivity contribution in [3.63, 3.8) is 0 Å². The van der Waals surface area contributed by atoms with Crippen LogP contribution in [0.2, 0.25) is 4.34 Å². The van der Waals surface area contributed by atoms with Gasteiger partial charge in [0.2, 0.25) is 0 Å². The molecule has 0 bridgehead atoms. The minimum atomic E-state index is 0.679. The molecule has 0 aliphatic carbocycles. The van der Waals surface area contributed by atoms with Crippen molar-refractivity contribution in [2.24, 2.45) is 0 Å². The summed E-state index contributed by atoms with van der Waals surface area (Å²) >= 11 is 7.28. The highest BCUT2D eigenvalue weighted by molar-refractivity contribution is 7.15. The number of H-pyrrole nitrogens is 1. The SMILES string of the molecule is Cc1n[nH]c(C)c1NCc1ncc(Cl)s1. The summed E-state index contributed by atoms with van der Waals surface area (Å²) in [7, 11) is 0. The molecule has 0 unspecified atom stereocenters. The molecule has 0 aliphatic heterocycles. The van der Waals surface area contributed by atoms with Gasteiger partial charge in [-0.2, -0.15) is 5.10 Å². The van der Waals surface area contributed by atoms with Crippen LogP contribution in [0.1, 0.15) is 16.4 Å². The minimum absolute atomic E-state index is 0.679. The Bertz CT molecular complexity index is 443. The smallest absolute Gasteiger partial charge is 0.113 e. The fourth-order valence-electron chi connectivity index (χ4n) is 1.35. The predicted octanol–water partition coefficient (Wildman–Crippen LogP) is 2.75. The average molecular weight is 243 g/mol. The maximum Gasteiger partial charge on any atom is 0.113 e. The number of nitrogens with one attached hydrogen (secondary N) is 2. The van der Waals surface area contributed by atoms with E-state index in [9.17, 15) is 0 Å². The van der Waals surface area contributed by atoms with Crippen LogP contribution in [0.5, 0.6) is 0 Å². The molecule has 2 heterocycles. The third-order valence-corrected chi connectivity index (χ3v) is 3.18. The number of hydrogen-bond donors (Lipinski definition) is 2. The van der Waals surface area contributed by atoms with Crippen molar-refractivity contribution in [3.05, 3.63) is 26.9 Å². The van der Waals surface area contributed by atoms with E-state index in [1.54, 1.807) is 6.20 Å². The molecule has 15 heavy (non-hydrogen) atoms. The van der Waals surface area contributed by atoms with Gasteiger partial charge in [-0.25, -0.2) is 4.98 Å². The molecule has 2 rings (SSSR count). The monoisotopic (exact) mass is 242 g/mol. The molecule has 4 nitrogen and oxygen atoms in total. The highest BCUT2D eigenvalue weighted by Gasteiger charge is 2.06. The van der Waals surface area contributed by atoms with E-state index in [2.05, 4.69) is 20.5 Å². The number of aromatic nitrogens is 3. The number of rotatable bonds is 3. The number of aromatic amines is 1. The van der Waals surface area contributed by atoms with Crippen molar-refractivity contribution in [1.82, 2.24) is 15.2 Å². The summed E-state index contributed by atoms with van der Waals surface area (Å²) in [5.41, 5.74) is 3.05. The van der Waals surface area contributed by atoms with E-state index in [0.717, 1.165) is 22.1 Å². The minimum Gasteiger partial charge on any atom is -0.376 e.